The van der Waals surface area contributed by atoms with E-state index in [9.17, 15) is 4.79 Å². The summed E-state index contributed by atoms with van der Waals surface area (Å²) in [6.07, 6.45) is 1.61. The number of rotatable bonds is 3. The highest BCUT2D eigenvalue weighted by Gasteiger charge is 2.17. The summed E-state index contributed by atoms with van der Waals surface area (Å²) in [7, 11) is 1.78. The number of hydrogen-bond acceptors (Lipinski definition) is 2. The molecule has 2 amide bonds. The van der Waals surface area contributed by atoms with Crippen LogP contribution in [0, 0.1) is 0 Å². The quantitative estimate of drug-likeness (QED) is 0.805. The van der Waals surface area contributed by atoms with E-state index in [0.29, 0.717) is 0 Å². The standard InChI is InChI=1S/C17H18N4O/c1-13(14-8-4-3-5-9-14)20(2)17(22)19-21-12-18-15-10-6-7-11-16(15)21/h3-13H,1-2H3,(H,19,22)/t13-/m0/s1. The number of nitrogens with zero attached hydrogens (tertiary/aromatic N) is 3. The van der Waals surface area contributed by atoms with Crippen molar-refractivity contribution in [3.8, 4) is 0 Å². The zero-order chi connectivity index (χ0) is 15.5. The first-order chi connectivity index (χ1) is 10.7. The molecule has 0 saturated heterocycles. The largest absolute Gasteiger partial charge is 0.336 e. The molecule has 1 heterocycles. The number of urea groups is 1. The maximum absolute atomic E-state index is 12.4. The molecule has 0 saturated carbocycles. The van der Waals surface area contributed by atoms with Crippen molar-refractivity contribution in [1.29, 1.82) is 0 Å². The molecule has 0 bridgehead atoms. The summed E-state index contributed by atoms with van der Waals surface area (Å²) < 4.78 is 1.64. The van der Waals surface area contributed by atoms with Crippen LogP contribution in [0.15, 0.2) is 60.9 Å². The minimum Gasteiger partial charge on any atom is -0.320 e. The van der Waals surface area contributed by atoms with E-state index in [2.05, 4.69) is 10.4 Å². The van der Waals surface area contributed by atoms with Gasteiger partial charge in [-0.2, -0.15) is 0 Å². The van der Waals surface area contributed by atoms with Crippen molar-refractivity contribution < 1.29 is 4.79 Å². The summed E-state index contributed by atoms with van der Waals surface area (Å²) >= 11 is 0. The molecule has 5 heteroatoms. The van der Waals surface area contributed by atoms with Gasteiger partial charge in [-0.25, -0.2) is 19.9 Å². The Morgan fingerprint density at radius 1 is 1.14 bits per heavy atom. The highest BCUT2D eigenvalue weighted by Crippen LogP contribution is 2.18. The number of hydrogen-bond donors (Lipinski definition) is 1. The van der Waals surface area contributed by atoms with Crippen LogP contribution in [0.5, 0.6) is 0 Å². The Morgan fingerprint density at radius 2 is 1.82 bits per heavy atom. The maximum atomic E-state index is 12.4. The SMILES string of the molecule is C[C@@H](c1ccccc1)N(C)C(=O)Nn1cnc2ccccc21. The van der Waals surface area contributed by atoms with Gasteiger partial charge in [0.05, 0.1) is 17.1 Å². The number of carbonyl (C=O) groups is 1. The van der Waals surface area contributed by atoms with Crippen LogP contribution < -0.4 is 5.43 Å². The molecule has 0 aliphatic rings. The lowest BCUT2D eigenvalue weighted by molar-refractivity contribution is 0.205. The second kappa shape index (κ2) is 5.89. The van der Waals surface area contributed by atoms with Crippen LogP contribution in [0.3, 0.4) is 0 Å². The second-order valence-corrected chi connectivity index (χ2v) is 5.22. The molecule has 0 spiro atoms. The third kappa shape index (κ3) is 2.65. The van der Waals surface area contributed by atoms with Crippen LogP contribution in [0.25, 0.3) is 11.0 Å². The van der Waals surface area contributed by atoms with Crippen molar-refractivity contribution in [2.24, 2.45) is 0 Å². The summed E-state index contributed by atoms with van der Waals surface area (Å²) in [6, 6.07) is 17.4. The zero-order valence-electron chi connectivity index (χ0n) is 12.6. The number of aromatic nitrogens is 2. The van der Waals surface area contributed by atoms with E-state index in [1.54, 1.807) is 23.0 Å². The first-order valence-electron chi connectivity index (χ1n) is 7.17. The first-order valence-corrected chi connectivity index (χ1v) is 7.17. The summed E-state index contributed by atoms with van der Waals surface area (Å²) in [5.41, 5.74) is 5.67. The molecule has 112 valence electrons. The Labute approximate surface area is 129 Å². The number of benzene rings is 2. The minimum absolute atomic E-state index is 0.0176. The second-order valence-electron chi connectivity index (χ2n) is 5.22. The van der Waals surface area contributed by atoms with Crippen LogP contribution in [-0.4, -0.2) is 27.6 Å². The Kier molecular flexibility index (Phi) is 3.78. The van der Waals surface area contributed by atoms with E-state index in [0.717, 1.165) is 16.6 Å². The molecule has 1 aromatic heterocycles. The molecule has 1 atom stereocenters. The number of amides is 2. The van der Waals surface area contributed by atoms with E-state index in [1.165, 1.54) is 0 Å². The lowest BCUT2D eigenvalue weighted by Gasteiger charge is -2.25. The van der Waals surface area contributed by atoms with Crippen LogP contribution in [0.1, 0.15) is 18.5 Å². The molecule has 0 aliphatic heterocycles. The predicted octanol–water partition coefficient (Wildman–Crippen LogP) is 3.39. The van der Waals surface area contributed by atoms with Gasteiger partial charge in [-0.1, -0.05) is 42.5 Å². The molecular formula is C17H18N4O. The number of carbonyl (C=O) groups excluding carboxylic acids is 1. The predicted molar refractivity (Wildman–Crippen MR) is 87.1 cm³/mol. The molecule has 3 rings (SSSR count). The van der Waals surface area contributed by atoms with E-state index >= 15 is 0 Å². The van der Waals surface area contributed by atoms with Crippen molar-refractivity contribution in [3.63, 3.8) is 0 Å². The van der Waals surface area contributed by atoms with E-state index < -0.39 is 0 Å². The van der Waals surface area contributed by atoms with Crippen molar-refractivity contribution in [2.75, 3.05) is 12.5 Å². The summed E-state index contributed by atoms with van der Waals surface area (Å²) in [5.74, 6) is 0. The minimum atomic E-state index is -0.181. The summed E-state index contributed by atoms with van der Waals surface area (Å²) in [6.45, 7) is 2.00. The maximum Gasteiger partial charge on any atom is 0.336 e. The molecule has 0 unspecified atom stereocenters. The molecule has 1 N–H and O–H groups in total. The van der Waals surface area contributed by atoms with Crippen molar-refractivity contribution in [1.82, 2.24) is 14.6 Å². The highest BCUT2D eigenvalue weighted by molar-refractivity contribution is 5.85. The molecule has 0 fully saturated rings. The van der Waals surface area contributed by atoms with Crippen molar-refractivity contribution in [2.45, 2.75) is 13.0 Å². The van der Waals surface area contributed by atoms with Gasteiger partial charge in [0.25, 0.3) is 0 Å². The summed E-state index contributed by atoms with van der Waals surface area (Å²) in [5, 5.41) is 0. The van der Waals surface area contributed by atoms with E-state index in [1.807, 2.05) is 61.5 Å². The van der Waals surface area contributed by atoms with Gasteiger partial charge in [0.15, 0.2) is 0 Å². The number of imidazole rings is 1. The van der Waals surface area contributed by atoms with Crippen LogP contribution in [-0.2, 0) is 0 Å². The average molecular weight is 294 g/mol. The van der Waals surface area contributed by atoms with Gasteiger partial charge in [0.2, 0.25) is 0 Å². The molecule has 2 aromatic carbocycles. The van der Waals surface area contributed by atoms with Crippen LogP contribution >= 0.6 is 0 Å². The molecule has 0 aliphatic carbocycles. The lowest BCUT2D eigenvalue weighted by Crippen LogP contribution is -2.37. The van der Waals surface area contributed by atoms with Gasteiger partial charge in [0, 0.05) is 7.05 Å². The molecule has 0 radical (unpaired) electrons. The van der Waals surface area contributed by atoms with Gasteiger partial charge in [-0.05, 0) is 24.6 Å². The Morgan fingerprint density at radius 3 is 2.59 bits per heavy atom. The smallest absolute Gasteiger partial charge is 0.320 e. The third-order valence-electron chi connectivity index (χ3n) is 3.85. The average Bonchev–Trinajstić information content (AvgIpc) is 2.97. The Hall–Kier alpha value is -2.82. The zero-order valence-corrected chi connectivity index (χ0v) is 12.6. The third-order valence-corrected chi connectivity index (χ3v) is 3.85. The number of para-hydroxylation sites is 2. The van der Waals surface area contributed by atoms with Gasteiger partial charge >= 0.3 is 6.03 Å². The fourth-order valence-electron chi connectivity index (χ4n) is 2.36. The van der Waals surface area contributed by atoms with Crippen LogP contribution in [0.2, 0.25) is 0 Å². The Balaban J connectivity index is 1.76. The topological polar surface area (TPSA) is 50.2 Å². The number of nitrogens with one attached hydrogen (secondary N) is 1. The molecule has 22 heavy (non-hydrogen) atoms. The fourth-order valence-corrected chi connectivity index (χ4v) is 2.36. The van der Waals surface area contributed by atoms with Gasteiger partial charge in [-0.3, -0.25) is 0 Å². The molecule has 5 nitrogen and oxygen atoms in total. The lowest BCUT2D eigenvalue weighted by atomic mass is 10.1. The Bertz CT molecular complexity index is 781. The van der Waals surface area contributed by atoms with Crippen LogP contribution in [0.4, 0.5) is 4.79 Å². The highest BCUT2D eigenvalue weighted by atomic mass is 16.2. The summed E-state index contributed by atoms with van der Waals surface area (Å²) in [4.78, 5) is 18.4. The van der Waals surface area contributed by atoms with E-state index in [-0.39, 0.29) is 12.1 Å². The van der Waals surface area contributed by atoms with Crippen molar-refractivity contribution in [3.05, 3.63) is 66.5 Å². The van der Waals surface area contributed by atoms with Crippen molar-refractivity contribution >= 4 is 17.1 Å². The van der Waals surface area contributed by atoms with E-state index in [4.69, 9.17) is 0 Å². The molecular weight excluding hydrogens is 276 g/mol. The fraction of sp³-hybridized carbons (Fsp3) is 0.176. The first kappa shape index (κ1) is 14.1. The monoisotopic (exact) mass is 294 g/mol. The normalized spacial score (nSPS) is 12.1. The molecule has 3 aromatic rings. The van der Waals surface area contributed by atoms with Gasteiger partial charge in [-0.15, -0.1) is 0 Å². The van der Waals surface area contributed by atoms with Gasteiger partial charge in [0.1, 0.15) is 6.33 Å². The van der Waals surface area contributed by atoms with Gasteiger partial charge < -0.3 is 4.90 Å². The number of fused-ring (bicyclic) bond motifs is 1.